The predicted octanol–water partition coefficient (Wildman–Crippen LogP) is 2.84. The first-order valence-electron chi connectivity index (χ1n) is 7.63. The van der Waals surface area contributed by atoms with Gasteiger partial charge in [0, 0.05) is 18.8 Å². The van der Waals surface area contributed by atoms with Gasteiger partial charge in [-0.25, -0.2) is 4.79 Å². The molecule has 1 aromatic rings. The predicted molar refractivity (Wildman–Crippen MR) is 80.3 cm³/mol. The lowest BCUT2D eigenvalue weighted by Crippen LogP contribution is -2.45. The minimum absolute atomic E-state index is 0.0984. The summed E-state index contributed by atoms with van der Waals surface area (Å²) in [6.07, 6.45) is 6.79. The Morgan fingerprint density at radius 1 is 1.05 bits per heavy atom. The molecule has 2 fully saturated rings. The smallest absolute Gasteiger partial charge is 0.318 e. The van der Waals surface area contributed by atoms with Crippen molar-refractivity contribution in [3.05, 3.63) is 29.8 Å². The van der Waals surface area contributed by atoms with Gasteiger partial charge in [-0.3, -0.25) is 0 Å². The van der Waals surface area contributed by atoms with Crippen LogP contribution in [0.25, 0.3) is 0 Å². The summed E-state index contributed by atoms with van der Waals surface area (Å²) in [5.74, 6) is 0. The van der Waals surface area contributed by atoms with Gasteiger partial charge in [-0.05, 0) is 43.4 Å². The molecule has 1 heterocycles. The number of amides is 2. The standard InChI is InChI=1S/C16H23N3O/c17-14-7-5-13(6-8-14)16(9-10-16)18-15(20)19-11-3-1-2-4-12-19/h5-8H,1-4,9-12,17H2,(H,18,20). The number of likely N-dealkylation sites (tertiary alicyclic amines) is 1. The van der Waals surface area contributed by atoms with E-state index in [9.17, 15) is 4.79 Å². The van der Waals surface area contributed by atoms with Crippen LogP contribution in [0.15, 0.2) is 24.3 Å². The Morgan fingerprint density at radius 2 is 1.65 bits per heavy atom. The normalized spacial score (nSPS) is 21.1. The van der Waals surface area contributed by atoms with Gasteiger partial charge in [0.1, 0.15) is 0 Å². The Balaban J connectivity index is 1.67. The Kier molecular flexibility index (Phi) is 3.55. The molecule has 0 aromatic heterocycles. The van der Waals surface area contributed by atoms with Crippen molar-refractivity contribution < 1.29 is 4.79 Å². The lowest BCUT2D eigenvalue weighted by atomic mass is 10.0. The van der Waals surface area contributed by atoms with E-state index in [1.165, 1.54) is 18.4 Å². The van der Waals surface area contributed by atoms with Crippen LogP contribution in [0.2, 0.25) is 0 Å². The van der Waals surface area contributed by atoms with Crippen LogP contribution in [-0.2, 0) is 5.54 Å². The van der Waals surface area contributed by atoms with Crippen molar-refractivity contribution >= 4 is 11.7 Å². The van der Waals surface area contributed by atoms with Crippen LogP contribution in [-0.4, -0.2) is 24.0 Å². The third-order valence-electron chi connectivity index (χ3n) is 4.45. The third-order valence-corrected chi connectivity index (χ3v) is 4.45. The van der Waals surface area contributed by atoms with Crippen molar-refractivity contribution in [2.45, 2.75) is 44.1 Å². The summed E-state index contributed by atoms with van der Waals surface area (Å²) < 4.78 is 0. The molecule has 0 radical (unpaired) electrons. The summed E-state index contributed by atoms with van der Waals surface area (Å²) in [4.78, 5) is 14.4. The molecule has 0 spiro atoms. The molecule has 2 amide bonds. The highest BCUT2D eigenvalue weighted by molar-refractivity contribution is 5.76. The molecule has 0 unspecified atom stereocenters. The first-order valence-corrected chi connectivity index (χ1v) is 7.63. The SMILES string of the molecule is Nc1ccc(C2(NC(=O)N3CCCCCC3)CC2)cc1. The highest BCUT2D eigenvalue weighted by Crippen LogP contribution is 2.45. The van der Waals surface area contributed by atoms with E-state index in [4.69, 9.17) is 5.73 Å². The number of nitrogen functional groups attached to an aromatic ring is 1. The molecule has 4 heteroatoms. The average Bonchev–Trinajstić information content (AvgIpc) is 3.23. The van der Waals surface area contributed by atoms with Crippen molar-refractivity contribution in [2.24, 2.45) is 0 Å². The van der Waals surface area contributed by atoms with E-state index in [1.807, 2.05) is 29.2 Å². The highest BCUT2D eigenvalue weighted by atomic mass is 16.2. The number of rotatable bonds is 2. The number of hydrogen-bond acceptors (Lipinski definition) is 2. The topological polar surface area (TPSA) is 58.4 Å². The minimum Gasteiger partial charge on any atom is -0.399 e. The number of nitrogens with one attached hydrogen (secondary N) is 1. The number of benzene rings is 1. The van der Waals surface area contributed by atoms with Crippen LogP contribution < -0.4 is 11.1 Å². The zero-order chi connectivity index (χ0) is 14.0. The van der Waals surface area contributed by atoms with Gasteiger partial charge in [-0.2, -0.15) is 0 Å². The first-order chi connectivity index (χ1) is 9.70. The maximum Gasteiger partial charge on any atom is 0.318 e. The van der Waals surface area contributed by atoms with E-state index in [-0.39, 0.29) is 11.6 Å². The molecule has 20 heavy (non-hydrogen) atoms. The molecule has 108 valence electrons. The van der Waals surface area contributed by atoms with E-state index in [2.05, 4.69) is 5.32 Å². The molecule has 1 aliphatic carbocycles. The number of nitrogens with zero attached hydrogens (tertiary/aromatic N) is 1. The Hall–Kier alpha value is -1.71. The second-order valence-corrected chi connectivity index (χ2v) is 6.04. The lowest BCUT2D eigenvalue weighted by Gasteiger charge is -2.25. The van der Waals surface area contributed by atoms with Gasteiger partial charge >= 0.3 is 6.03 Å². The van der Waals surface area contributed by atoms with Gasteiger partial charge in [0.25, 0.3) is 0 Å². The summed E-state index contributed by atoms with van der Waals surface area (Å²) in [6.45, 7) is 1.79. The zero-order valence-electron chi connectivity index (χ0n) is 11.9. The summed E-state index contributed by atoms with van der Waals surface area (Å²) >= 11 is 0. The largest absolute Gasteiger partial charge is 0.399 e. The fraction of sp³-hybridized carbons (Fsp3) is 0.562. The second kappa shape index (κ2) is 5.35. The molecular weight excluding hydrogens is 250 g/mol. The molecule has 1 saturated heterocycles. The van der Waals surface area contributed by atoms with Crippen LogP contribution in [0.4, 0.5) is 10.5 Å². The van der Waals surface area contributed by atoms with Crippen molar-refractivity contribution in [1.82, 2.24) is 10.2 Å². The van der Waals surface area contributed by atoms with Gasteiger partial charge in [0.2, 0.25) is 0 Å². The molecule has 3 rings (SSSR count). The van der Waals surface area contributed by atoms with Gasteiger partial charge in [-0.1, -0.05) is 25.0 Å². The summed E-state index contributed by atoms with van der Waals surface area (Å²) in [7, 11) is 0. The lowest BCUT2D eigenvalue weighted by molar-refractivity contribution is 0.194. The van der Waals surface area contributed by atoms with E-state index in [1.54, 1.807) is 0 Å². The quantitative estimate of drug-likeness (QED) is 0.814. The Labute approximate surface area is 120 Å². The molecule has 4 nitrogen and oxygen atoms in total. The van der Waals surface area contributed by atoms with Crippen molar-refractivity contribution in [3.63, 3.8) is 0 Å². The van der Waals surface area contributed by atoms with Crippen LogP contribution in [0, 0.1) is 0 Å². The zero-order valence-corrected chi connectivity index (χ0v) is 11.9. The second-order valence-electron chi connectivity index (χ2n) is 6.04. The summed E-state index contributed by atoms with van der Waals surface area (Å²) in [5.41, 5.74) is 7.53. The minimum atomic E-state index is -0.142. The number of urea groups is 1. The van der Waals surface area contributed by atoms with E-state index >= 15 is 0 Å². The number of hydrogen-bond donors (Lipinski definition) is 2. The van der Waals surface area contributed by atoms with Crippen molar-refractivity contribution in [2.75, 3.05) is 18.8 Å². The van der Waals surface area contributed by atoms with E-state index < -0.39 is 0 Å². The van der Waals surface area contributed by atoms with Crippen molar-refractivity contribution in [1.29, 1.82) is 0 Å². The molecular formula is C16H23N3O. The van der Waals surface area contributed by atoms with E-state index in [0.29, 0.717) is 0 Å². The monoisotopic (exact) mass is 273 g/mol. The van der Waals surface area contributed by atoms with Gasteiger partial charge < -0.3 is 16.0 Å². The fourth-order valence-corrected chi connectivity index (χ4v) is 2.97. The number of nitrogens with two attached hydrogens (primary N) is 1. The number of anilines is 1. The van der Waals surface area contributed by atoms with Crippen LogP contribution in [0.3, 0.4) is 0 Å². The molecule has 2 aliphatic rings. The molecule has 1 aromatic carbocycles. The Morgan fingerprint density at radius 3 is 2.20 bits per heavy atom. The number of carbonyl (C=O) groups excluding carboxylic acids is 1. The first kappa shape index (κ1) is 13.3. The van der Waals surface area contributed by atoms with Crippen molar-refractivity contribution in [3.8, 4) is 0 Å². The molecule has 0 bridgehead atoms. The Bertz CT molecular complexity index is 471. The highest BCUT2D eigenvalue weighted by Gasteiger charge is 2.46. The molecule has 0 atom stereocenters. The molecule has 1 aliphatic heterocycles. The summed E-state index contributed by atoms with van der Waals surface area (Å²) in [6, 6.07) is 7.98. The van der Waals surface area contributed by atoms with Gasteiger partial charge in [0.15, 0.2) is 0 Å². The van der Waals surface area contributed by atoms with Crippen LogP contribution in [0.5, 0.6) is 0 Å². The maximum atomic E-state index is 12.4. The summed E-state index contributed by atoms with van der Waals surface area (Å²) in [5, 5.41) is 3.25. The van der Waals surface area contributed by atoms with Crippen LogP contribution >= 0.6 is 0 Å². The van der Waals surface area contributed by atoms with E-state index in [0.717, 1.165) is 44.5 Å². The molecule has 1 saturated carbocycles. The van der Waals surface area contributed by atoms with Crippen LogP contribution in [0.1, 0.15) is 44.1 Å². The maximum absolute atomic E-state index is 12.4. The van der Waals surface area contributed by atoms with Gasteiger partial charge in [-0.15, -0.1) is 0 Å². The average molecular weight is 273 g/mol. The third kappa shape index (κ3) is 2.74. The number of carbonyl (C=O) groups is 1. The molecule has 3 N–H and O–H groups in total. The van der Waals surface area contributed by atoms with Gasteiger partial charge in [0.05, 0.1) is 5.54 Å². The fourth-order valence-electron chi connectivity index (χ4n) is 2.97.